The summed E-state index contributed by atoms with van der Waals surface area (Å²) in [6.07, 6.45) is 0.300. The molecule has 19 heavy (non-hydrogen) atoms. The Labute approximate surface area is 113 Å². The van der Waals surface area contributed by atoms with Crippen molar-refractivity contribution in [1.82, 2.24) is 5.32 Å². The third kappa shape index (κ3) is 3.77. The van der Waals surface area contributed by atoms with Gasteiger partial charge in [0.1, 0.15) is 18.0 Å². The zero-order valence-electron chi connectivity index (χ0n) is 11.5. The SMILES string of the molecule is CC(C)(C)OC(=O)N[C@@H]1COc2cc(N)ccc2C1. The van der Waals surface area contributed by atoms with E-state index < -0.39 is 11.7 Å². The summed E-state index contributed by atoms with van der Waals surface area (Å²) in [6, 6.07) is 5.48. The van der Waals surface area contributed by atoms with E-state index in [-0.39, 0.29) is 6.04 Å². The number of alkyl carbamates (subject to hydrolysis) is 1. The summed E-state index contributed by atoms with van der Waals surface area (Å²) in [5.74, 6) is 0.794. The molecule has 5 nitrogen and oxygen atoms in total. The van der Waals surface area contributed by atoms with Crippen LogP contribution in [0.5, 0.6) is 5.75 Å². The number of nitrogens with two attached hydrogens (primary N) is 1. The third-order valence-corrected chi connectivity index (χ3v) is 2.72. The molecule has 1 amide bonds. The Bertz CT molecular complexity index is 480. The van der Waals surface area contributed by atoms with Crippen molar-refractivity contribution in [2.24, 2.45) is 0 Å². The van der Waals surface area contributed by atoms with Gasteiger partial charge in [-0.25, -0.2) is 4.79 Å². The topological polar surface area (TPSA) is 73.6 Å². The molecule has 5 heteroatoms. The second-order valence-corrected chi connectivity index (χ2v) is 5.73. The number of nitrogen functional groups attached to an aromatic ring is 1. The largest absolute Gasteiger partial charge is 0.491 e. The molecule has 1 aliphatic rings. The Kier molecular flexibility index (Phi) is 3.55. The highest BCUT2D eigenvalue weighted by molar-refractivity contribution is 5.68. The van der Waals surface area contributed by atoms with Crippen molar-refractivity contribution in [3.05, 3.63) is 23.8 Å². The number of carbonyl (C=O) groups excluding carboxylic acids is 1. The summed E-state index contributed by atoms with van der Waals surface area (Å²) in [5, 5.41) is 2.81. The number of anilines is 1. The fraction of sp³-hybridized carbons (Fsp3) is 0.500. The quantitative estimate of drug-likeness (QED) is 0.762. The Morgan fingerprint density at radius 3 is 2.89 bits per heavy atom. The molecule has 0 saturated carbocycles. The summed E-state index contributed by atoms with van der Waals surface area (Å²) in [7, 11) is 0. The van der Waals surface area contributed by atoms with Gasteiger partial charge in [-0.15, -0.1) is 0 Å². The Balaban J connectivity index is 1.95. The zero-order chi connectivity index (χ0) is 14.0. The van der Waals surface area contributed by atoms with Gasteiger partial charge in [0.25, 0.3) is 0 Å². The van der Waals surface area contributed by atoms with Gasteiger partial charge in [-0.1, -0.05) is 6.07 Å². The van der Waals surface area contributed by atoms with E-state index in [1.165, 1.54) is 0 Å². The molecule has 0 aliphatic carbocycles. The summed E-state index contributed by atoms with van der Waals surface area (Å²) in [4.78, 5) is 11.7. The monoisotopic (exact) mass is 264 g/mol. The van der Waals surface area contributed by atoms with Crippen molar-refractivity contribution in [3.8, 4) is 5.75 Å². The Morgan fingerprint density at radius 2 is 2.21 bits per heavy atom. The first-order valence-electron chi connectivity index (χ1n) is 6.34. The molecular formula is C14H20N2O3. The number of fused-ring (bicyclic) bond motifs is 1. The first-order valence-corrected chi connectivity index (χ1v) is 6.34. The lowest BCUT2D eigenvalue weighted by molar-refractivity contribution is 0.0482. The fourth-order valence-electron chi connectivity index (χ4n) is 1.96. The molecule has 0 bridgehead atoms. The molecule has 0 radical (unpaired) electrons. The molecule has 1 aromatic carbocycles. The van der Waals surface area contributed by atoms with Crippen LogP contribution in [0.1, 0.15) is 26.3 Å². The van der Waals surface area contributed by atoms with Crippen molar-refractivity contribution < 1.29 is 14.3 Å². The highest BCUT2D eigenvalue weighted by Gasteiger charge is 2.24. The minimum absolute atomic E-state index is 0.0778. The lowest BCUT2D eigenvalue weighted by atomic mass is 10.0. The summed E-state index contributed by atoms with van der Waals surface area (Å²) in [5.41, 5.74) is 6.92. The molecule has 3 N–H and O–H groups in total. The van der Waals surface area contributed by atoms with Crippen LogP contribution in [0.25, 0.3) is 0 Å². The molecule has 0 aromatic heterocycles. The summed E-state index contributed by atoms with van der Waals surface area (Å²) < 4.78 is 10.8. The van der Waals surface area contributed by atoms with Gasteiger partial charge in [-0.3, -0.25) is 0 Å². The fourth-order valence-corrected chi connectivity index (χ4v) is 1.96. The Hall–Kier alpha value is -1.91. The molecule has 1 aromatic rings. The van der Waals surface area contributed by atoms with Crippen LogP contribution < -0.4 is 15.8 Å². The lowest BCUT2D eigenvalue weighted by Gasteiger charge is -2.27. The van der Waals surface area contributed by atoms with Crippen LogP contribution >= 0.6 is 0 Å². The van der Waals surface area contributed by atoms with Crippen molar-refractivity contribution >= 4 is 11.8 Å². The molecule has 0 saturated heterocycles. The number of ether oxygens (including phenoxy) is 2. The van der Waals surface area contributed by atoms with Crippen LogP contribution in [0.4, 0.5) is 10.5 Å². The van der Waals surface area contributed by atoms with E-state index in [9.17, 15) is 4.79 Å². The minimum atomic E-state index is -0.494. The number of benzene rings is 1. The maximum atomic E-state index is 11.7. The summed E-state index contributed by atoms with van der Waals surface area (Å²) >= 11 is 0. The Morgan fingerprint density at radius 1 is 1.47 bits per heavy atom. The molecule has 0 spiro atoms. The van der Waals surface area contributed by atoms with E-state index in [1.807, 2.05) is 32.9 Å². The molecule has 104 valence electrons. The van der Waals surface area contributed by atoms with Crippen molar-refractivity contribution in [3.63, 3.8) is 0 Å². The predicted octanol–water partition coefficient (Wildman–Crippen LogP) is 2.10. The van der Waals surface area contributed by atoms with Gasteiger partial charge >= 0.3 is 6.09 Å². The molecule has 0 unspecified atom stereocenters. The average molecular weight is 264 g/mol. The van der Waals surface area contributed by atoms with Crippen LogP contribution in [0.2, 0.25) is 0 Å². The zero-order valence-corrected chi connectivity index (χ0v) is 11.5. The normalized spacial score (nSPS) is 18.2. The first kappa shape index (κ1) is 13.5. The van der Waals surface area contributed by atoms with E-state index in [0.29, 0.717) is 12.3 Å². The number of carbonyl (C=O) groups is 1. The lowest BCUT2D eigenvalue weighted by Crippen LogP contribution is -2.44. The van der Waals surface area contributed by atoms with Crippen LogP contribution in [-0.2, 0) is 11.2 Å². The molecule has 1 atom stereocenters. The predicted molar refractivity (Wildman–Crippen MR) is 73.2 cm³/mol. The number of rotatable bonds is 1. The minimum Gasteiger partial charge on any atom is -0.491 e. The maximum absolute atomic E-state index is 11.7. The molecule has 2 rings (SSSR count). The van der Waals surface area contributed by atoms with Crippen LogP contribution in [0, 0.1) is 0 Å². The highest BCUT2D eigenvalue weighted by Crippen LogP contribution is 2.26. The van der Waals surface area contributed by atoms with Crippen molar-refractivity contribution in [2.75, 3.05) is 12.3 Å². The standard InChI is InChI=1S/C14H20N2O3/c1-14(2,3)19-13(17)16-11-6-9-4-5-10(15)7-12(9)18-8-11/h4-5,7,11H,6,8,15H2,1-3H3,(H,16,17)/t11-/m0/s1. The van der Waals surface area contributed by atoms with E-state index in [0.717, 1.165) is 17.7 Å². The van der Waals surface area contributed by atoms with Gasteiger partial charge in [-0.05, 0) is 38.8 Å². The van der Waals surface area contributed by atoms with Crippen molar-refractivity contribution in [1.29, 1.82) is 0 Å². The van der Waals surface area contributed by atoms with Gasteiger partial charge in [0.2, 0.25) is 0 Å². The van der Waals surface area contributed by atoms with Gasteiger partial charge in [0.05, 0.1) is 6.04 Å². The van der Waals surface area contributed by atoms with E-state index in [1.54, 1.807) is 6.07 Å². The second-order valence-electron chi connectivity index (χ2n) is 5.73. The smallest absolute Gasteiger partial charge is 0.408 e. The van der Waals surface area contributed by atoms with Gasteiger partial charge < -0.3 is 20.5 Å². The second kappa shape index (κ2) is 4.99. The average Bonchev–Trinajstić information content (AvgIpc) is 2.26. The number of amides is 1. The number of nitrogens with one attached hydrogen (secondary N) is 1. The van der Waals surface area contributed by atoms with E-state index in [4.69, 9.17) is 15.2 Å². The maximum Gasteiger partial charge on any atom is 0.408 e. The number of hydrogen-bond acceptors (Lipinski definition) is 4. The molecular weight excluding hydrogens is 244 g/mol. The number of hydrogen-bond donors (Lipinski definition) is 2. The van der Waals surface area contributed by atoms with Gasteiger partial charge in [0.15, 0.2) is 0 Å². The highest BCUT2D eigenvalue weighted by atomic mass is 16.6. The van der Waals surface area contributed by atoms with Crippen LogP contribution in [0.3, 0.4) is 0 Å². The first-order chi connectivity index (χ1) is 8.83. The van der Waals surface area contributed by atoms with E-state index in [2.05, 4.69) is 5.32 Å². The molecule has 0 fully saturated rings. The van der Waals surface area contributed by atoms with Crippen LogP contribution in [-0.4, -0.2) is 24.3 Å². The third-order valence-electron chi connectivity index (χ3n) is 2.72. The molecule has 1 aliphatic heterocycles. The van der Waals surface area contributed by atoms with Gasteiger partial charge in [-0.2, -0.15) is 0 Å². The van der Waals surface area contributed by atoms with Crippen molar-refractivity contribution in [2.45, 2.75) is 38.8 Å². The molecule has 1 heterocycles. The van der Waals surface area contributed by atoms with Crippen LogP contribution in [0.15, 0.2) is 18.2 Å². The summed E-state index contributed by atoms with van der Waals surface area (Å²) in [6.45, 7) is 5.93. The van der Waals surface area contributed by atoms with Gasteiger partial charge in [0, 0.05) is 11.8 Å². The van der Waals surface area contributed by atoms with E-state index >= 15 is 0 Å².